The van der Waals surface area contributed by atoms with Crippen molar-refractivity contribution in [3.05, 3.63) is 119 Å². The first kappa shape index (κ1) is 5.95. The van der Waals surface area contributed by atoms with Gasteiger partial charge in [-0.2, -0.15) is 0 Å². The summed E-state index contributed by atoms with van der Waals surface area (Å²) in [4.78, 5) is 0. The Bertz CT molecular complexity index is 1570. The fraction of sp³-hybridized carbons (Fsp3) is 0. The molecule has 0 aliphatic rings. The first-order chi connectivity index (χ1) is 20.7. The maximum absolute atomic E-state index is 9.07. The summed E-state index contributed by atoms with van der Waals surface area (Å²) in [6.07, 6.45) is 0. The molecule has 4 aromatic rings. The Morgan fingerprint density at radius 2 is 0.885 bits per heavy atom. The molecule has 0 spiro atoms. The second kappa shape index (κ2) is 7.65. The molecule has 0 aromatic heterocycles. The van der Waals surface area contributed by atoms with E-state index in [0.29, 0.717) is 0 Å². The van der Waals surface area contributed by atoms with Crippen LogP contribution >= 0.6 is 15.9 Å². The van der Waals surface area contributed by atoms with Crippen molar-refractivity contribution in [3.63, 3.8) is 0 Å². The van der Waals surface area contributed by atoms with E-state index in [4.69, 9.17) is 26.0 Å². The van der Waals surface area contributed by atoms with Gasteiger partial charge in [-0.15, -0.1) is 0 Å². The fourth-order valence-corrected chi connectivity index (χ4v) is 10.7. The molecule has 0 unspecified atom stereocenters. The van der Waals surface area contributed by atoms with E-state index in [0.717, 1.165) is 0 Å². The van der Waals surface area contributed by atoms with E-state index in [9.17, 15) is 0 Å². The van der Waals surface area contributed by atoms with E-state index < -0.39 is 150 Å². The van der Waals surface area contributed by atoms with Crippen LogP contribution in [0.2, 0.25) is 0 Å². The summed E-state index contributed by atoms with van der Waals surface area (Å²) in [5.41, 5.74) is 0. The van der Waals surface area contributed by atoms with Crippen LogP contribution in [0.15, 0.2) is 119 Å². The third-order valence-electron chi connectivity index (χ3n) is 3.59. The molecule has 4 aromatic carbocycles. The molecule has 0 aliphatic carbocycles. The third kappa shape index (κ3) is 3.06. The first-order valence-corrected chi connectivity index (χ1v) is 12.2. The molecule has 0 atom stereocenters. The van der Waals surface area contributed by atoms with Gasteiger partial charge in [-0.05, 0) is 0 Å². The summed E-state index contributed by atoms with van der Waals surface area (Å²) in [5.74, 6) is 0. The molecule has 26 heavy (non-hydrogen) atoms. The van der Waals surface area contributed by atoms with Gasteiger partial charge in [0, 0.05) is 0 Å². The Labute approximate surface area is 192 Å². The van der Waals surface area contributed by atoms with Crippen LogP contribution in [0, 0.1) is 0 Å². The normalized spacial score (nSPS) is 21.5. The van der Waals surface area contributed by atoms with Gasteiger partial charge in [0.25, 0.3) is 0 Å². The average molecular weight is 479 g/mol. The molecule has 0 saturated heterocycles. The van der Waals surface area contributed by atoms with E-state index in [1.165, 1.54) is 0 Å². The van der Waals surface area contributed by atoms with Crippen molar-refractivity contribution in [2.24, 2.45) is 0 Å². The summed E-state index contributed by atoms with van der Waals surface area (Å²) in [7, 11) is 0. The second-order valence-electron chi connectivity index (χ2n) is 4.94. The van der Waals surface area contributed by atoms with E-state index in [1.54, 1.807) is 0 Å². The quantitative estimate of drug-likeness (QED) is 0.391. The summed E-state index contributed by atoms with van der Waals surface area (Å²) < 4.78 is 160. The molecule has 126 valence electrons. The standard InChI is InChI=1S/C24H19BrGe/c25-20-11-10-18-24(19-20)26(21-12-4-1-5-13-21,22-14-6-2-7-15-22)23-16-8-3-9-17-23/h1-19H/i1D,2D,3D,4D,5D,6D,7D,8D,9D,10D,11D,12D,13D,14D,15D,16D,17D,18D,19D. The summed E-state index contributed by atoms with van der Waals surface area (Å²) in [5, 5.41) is 0. The summed E-state index contributed by atoms with van der Waals surface area (Å²) in [6.45, 7) is 0. The van der Waals surface area contributed by atoms with Gasteiger partial charge in [-0.1, -0.05) is 0 Å². The average Bonchev–Trinajstić information content (AvgIpc) is 3.00. The Balaban J connectivity index is 2.69. The first-order valence-electron chi connectivity index (χ1n) is 16.7. The number of halogens is 1. The summed E-state index contributed by atoms with van der Waals surface area (Å²) in [6, 6.07) is -18.2. The monoisotopic (exact) mass is 479 g/mol. The Hall–Kier alpha value is -2.10. The maximum atomic E-state index is 9.07. The van der Waals surface area contributed by atoms with Gasteiger partial charge < -0.3 is 0 Å². The topological polar surface area (TPSA) is 0 Å². The molecular weight excluding hydrogens is 441 g/mol. The molecule has 2 heteroatoms. The van der Waals surface area contributed by atoms with Gasteiger partial charge in [0.1, 0.15) is 0 Å². The molecule has 0 amide bonds. The van der Waals surface area contributed by atoms with Crippen LogP contribution in [0.25, 0.3) is 0 Å². The Kier molecular flexibility index (Phi) is 1.75. The summed E-state index contributed by atoms with van der Waals surface area (Å²) >= 11 is -3.56. The van der Waals surface area contributed by atoms with E-state index in [2.05, 4.69) is 15.9 Å². The van der Waals surface area contributed by atoms with E-state index in [-0.39, 0.29) is 0 Å². The minimum atomic E-state index is -6.57. The predicted octanol–water partition coefficient (Wildman–Crippen LogP) is 3.83. The van der Waals surface area contributed by atoms with Crippen molar-refractivity contribution in [2.75, 3.05) is 0 Å². The second-order valence-corrected chi connectivity index (χ2v) is 13.1. The van der Waals surface area contributed by atoms with Crippen molar-refractivity contribution in [1.82, 2.24) is 0 Å². The van der Waals surface area contributed by atoms with Crippen LogP contribution in [0.3, 0.4) is 0 Å². The molecule has 0 radical (unpaired) electrons. The van der Waals surface area contributed by atoms with Gasteiger partial charge in [0.05, 0.1) is 0 Å². The molecule has 0 bridgehead atoms. The van der Waals surface area contributed by atoms with Crippen molar-refractivity contribution in [1.29, 1.82) is 0 Å². The molecule has 0 saturated carbocycles. The predicted molar refractivity (Wildman–Crippen MR) is 118 cm³/mol. The Morgan fingerprint density at radius 1 is 0.500 bits per heavy atom. The molecule has 0 aliphatic heterocycles. The minimum absolute atomic E-state index is 0.458. The number of rotatable bonds is 4. The van der Waals surface area contributed by atoms with Crippen LogP contribution in [0.1, 0.15) is 26.0 Å². The third-order valence-corrected chi connectivity index (χ3v) is 12.4. The van der Waals surface area contributed by atoms with Crippen LogP contribution in [-0.2, 0) is 0 Å². The van der Waals surface area contributed by atoms with E-state index >= 15 is 0 Å². The zero-order chi connectivity index (χ0) is 34.4. The molecule has 0 heterocycles. The zero-order valence-corrected chi connectivity index (χ0v) is 16.6. The molecule has 0 nitrogen and oxygen atoms in total. The molecule has 4 rings (SSSR count). The van der Waals surface area contributed by atoms with Crippen molar-refractivity contribution < 1.29 is 26.0 Å². The van der Waals surface area contributed by atoms with Gasteiger partial charge in [-0.3, -0.25) is 0 Å². The number of hydrogen-bond donors (Lipinski definition) is 0. The van der Waals surface area contributed by atoms with Gasteiger partial charge in [-0.25, -0.2) is 0 Å². The molecule has 0 N–H and O–H groups in total. The van der Waals surface area contributed by atoms with Crippen LogP contribution in [-0.4, -0.2) is 13.3 Å². The number of hydrogen-bond acceptors (Lipinski definition) is 0. The van der Waals surface area contributed by atoms with Gasteiger partial charge >= 0.3 is 192 Å². The molecular formula is C24H19BrGe. The molecule has 0 fully saturated rings. The van der Waals surface area contributed by atoms with Crippen LogP contribution < -0.4 is 17.6 Å². The SMILES string of the molecule is [2H]c1c([2H])c([2H])[c]([Ge]([c]2c([2H])c([2H])c([2H])c([2H])c2[2H])([c]2c([2H])c([2H])c([2H])c([2H])c2[2H])[c]2c([2H])c([2H])c([2H])c(Br)c2[2H])c([2H])c1[2H]. The van der Waals surface area contributed by atoms with Crippen LogP contribution in [0.4, 0.5) is 0 Å². The zero-order valence-electron chi connectivity index (χ0n) is 31.9. The van der Waals surface area contributed by atoms with E-state index in [1.807, 2.05) is 0 Å². The Morgan fingerprint density at radius 3 is 1.31 bits per heavy atom. The van der Waals surface area contributed by atoms with Gasteiger partial charge in [0.2, 0.25) is 0 Å². The van der Waals surface area contributed by atoms with Crippen molar-refractivity contribution in [2.45, 2.75) is 0 Å². The fourth-order valence-electron chi connectivity index (χ4n) is 2.57. The van der Waals surface area contributed by atoms with Crippen LogP contribution in [0.5, 0.6) is 0 Å². The number of benzene rings is 4. The van der Waals surface area contributed by atoms with Crippen molar-refractivity contribution >= 4 is 46.8 Å². The van der Waals surface area contributed by atoms with Crippen molar-refractivity contribution in [3.8, 4) is 0 Å². The van der Waals surface area contributed by atoms with Gasteiger partial charge in [0.15, 0.2) is 0 Å².